The molecule has 1 aliphatic carbocycles. The molecule has 27 heavy (non-hydrogen) atoms. The third-order valence-corrected chi connectivity index (χ3v) is 5.19. The Labute approximate surface area is 157 Å². The van der Waals surface area contributed by atoms with Gasteiger partial charge in [-0.25, -0.2) is 0 Å². The van der Waals surface area contributed by atoms with Gasteiger partial charge in [-0.05, 0) is 24.5 Å². The molecule has 2 atom stereocenters. The SMILES string of the molecule is O=C(CN1C(=O)[C@H]2CC=CC[C@H]2C1=O)Nc1ccccc1-c1ccccc1. The predicted octanol–water partition coefficient (Wildman–Crippen LogP) is 3.24. The number of likely N-dealkylation sites (tertiary alicyclic amines) is 1. The van der Waals surface area contributed by atoms with E-state index in [1.54, 1.807) is 0 Å². The Kier molecular flexibility index (Phi) is 4.59. The number of hydrogen-bond acceptors (Lipinski definition) is 3. The van der Waals surface area contributed by atoms with Gasteiger partial charge in [0.25, 0.3) is 0 Å². The maximum absolute atomic E-state index is 12.6. The van der Waals surface area contributed by atoms with Crippen molar-refractivity contribution in [3.63, 3.8) is 0 Å². The molecule has 3 amide bonds. The summed E-state index contributed by atoms with van der Waals surface area (Å²) in [6, 6.07) is 17.2. The van der Waals surface area contributed by atoms with Crippen LogP contribution in [0.5, 0.6) is 0 Å². The van der Waals surface area contributed by atoms with Gasteiger partial charge < -0.3 is 5.32 Å². The fourth-order valence-electron chi connectivity index (χ4n) is 3.82. The summed E-state index contributed by atoms with van der Waals surface area (Å²) < 4.78 is 0. The maximum Gasteiger partial charge on any atom is 0.244 e. The molecule has 2 aromatic carbocycles. The van der Waals surface area contributed by atoms with E-state index >= 15 is 0 Å². The first-order valence-corrected chi connectivity index (χ1v) is 9.09. The van der Waals surface area contributed by atoms with Gasteiger partial charge in [0.2, 0.25) is 17.7 Å². The van der Waals surface area contributed by atoms with Gasteiger partial charge in [-0.1, -0.05) is 60.7 Å². The van der Waals surface area contributed by atoms with E-state index < -0.39 is 0 Å². The molecule has 0 spiro atoms. The summed E-state index contributed by atoms with van der Waals surface area (Å²) in [5.41, 5.74) is 2.54. The number of carbonyl (C=O) groups excluding carboxylic acids is 3. The Morgan fingerprint density at radius 2 is 1.48 bits per heavy atom. The summed E-state index contributed by atoms with van der Waals surface area (Å²) in [6.07, 6.45) is 5.02. The number of nitrogens with zero attached hydrogens (tertiary/aromatic N) is 1. The molecule has 2 aromatic rings. The Hall–Kier alpha value is -3.21. The van der Waals surface area contributed by atoms with Gasteiger partial charge in [-0.15, -0.1) is 0 Å². The lowest BCUT2D eigenvalue weighted by atomic mass is 9.85. The highest BCUT2D eigenvalue weighted by Crippen LogP contribution is 2.35. The van der Waals surface area contributed by atoms with E-state index in [2.05, 4.69) is 5.32 Å². The number of rotatable bonds is 4. The quantitative estimate of drug-likeness (QED) is 0.672. The Balaban J connectivity index is 1.50. The van der Waals surface area contributed by atoms with E-state index in [-0.39, 0.29) is 36.1 Å². The van der Waals surface area contributed by atoms with Crippen molar-refractivity contribution in [3.05, 3.63) is 66.7 Å². The molecule has 0 unspecified atom stereocenters. The van der Waals surface area contributed by atoms with Crippen LogP contribution in [0.2, 0.25) is 0 Å². The molecule has 1 fully saturated rings. The summed E-state index contributed by atoms with van der Waals surface area (Å²) in [5.74, 6) is -1.47. The highest BCUT2D eigenvalue weighted by molar-refractivity contribution is 6.09. The van der Waals surface area contributed by atoms with Crippen molar-refractivity contribution >= 4 is 23.4 Å². The maximum atomic E-state index is 12.6. The second-order valence-electron chi connectivity index (χ2n) is 6.88. The topological polar surface area (TPSA) is 66.5 Å². The molecule has 1 aliphatic heterocycles. The largest absolute Gasteiger partial charge is 0.324 e. The second kappa shape index (κ2) is 7.19. The molecule has 0 radical (unpaired) electrons. The number of para-hydroxylation sites is 1. The second-order valence-corrected chi connectivity index (χ2v) is 6.88. The minimum Gasteiger partial charge on any atom is -0.324 e. The smallest absolute Gasteiger partial charge is 0.244 e. The van der Waals surface area contributed by atoms with Crippen LogP contribution in [0.25, 0.3) is 11.1 Å². The average Bonchev–Trinajstić information content (AvgIpc) is 2.94. The first-order chi connectivity index (χ1) is 13.1. The summed E-state index contributed by atoms with van der Waals surface area (Å²) >= 11 is 0. The number of benzene rings is 2. The van der Waals surface area contributed by atoms with E-state index in [9.17, 15) is 14.4 Å². The molecule has 0 bridgehead atoms. The van der Waals surface area contributed by atoms with Crippen LogP contribution in [0.3, 0.4) is 0 Å². The first kappa shape index (κ1) is 17.2. The van der Waals surface area contributed by atoms with Gasteiger partial charge >= 0.3 is 0 Å². The molecule has 1 heterocycles. The standard InChI is InChI=1S/C22H20N2O3/c25-20(14-24-21(26)17-11-4-5-12-18(17)22(24)27)23-19-13-7-6-10-16(19)15-8-2-1-3-9-15/h1-10,13,17-18H,11-12,14H2,(H,23,25)/t17-,18+. The number of hydrogen-bond donors (Lipinski definition) is 1. The molecular weight excluding hydrogens is 340 g/mol. The van der Waals surface area contributed by atoms with Crippen LogP contribution in [-0.4, -0.2) is 29.2 Å². The van der Waals surface area contributed by atoms with Crippen LogP contribution in [0.4, 0.5) is 5.69 Å². The molecule has 0 aromatic heterocycles. The molecule has 4 rings (SSSR count). The molecule has 0 saturated carbocycles. The lowest BCUT2D eigenvalue weighted by molar-refractivity contribution is -0.142. The van der Waals surface area contributed by atoms with Gasteiger partial charge in [-0.2, -0.15) is 0 Å². The van der Waals surface area contributed by atoms with Crippen LogP contribution in [0, 0.1) is 11.8 Å². The van der Waals surface area contributed by atoms with Gasteiger partial charge in [0.05, 0.1) is 11.8 Å². The highest BCUT2D eigenvalue weighted by atomic mass is 16.2. The molecular formula is C22H20N2O3. The zero-order valence-electron chi connectivity index (χ0n) is 14.8. The van der Waals surface area contributed by atoms with Crippen LogP contribution in [0.1, 0.15) is 12.8 Å². The Morgan fingerprint density at radius 3 is 2.15 bits per heavy atom. The van der Waals surface area contributed by atoms with Crippen LogP contribution >= 0.6 is 0 Å². The third kappa shape index (κ3) is 3.28. The van der Waals surface area contributed by atoms with Crippen LogP contribution in [0.15, 0.2) is 66.7 Å². The van der Waals surface area contributed by atoms with Crippen molar-refractivity contribution in [1.29, 1.82) is 0 Å². The summed E-state index contributed by atoms with van der Waals surface area (Å²) in [4.78, 5) is 38.7. The minimum absolute atomic E-state index is 0.235. The zero-order valence-corrected chi connectivity index (χ0v) is 14.8. The molecule has 5 heteroatoms. The van der Waals surface area contributed by atoms with Gasteiger partial charge in [0, 0.05) is 11.3 Å². The number of fused-ring (bicyclic) bond motifs is 1. The van der Waals surface area contributed by atoms with Crippen molar-refractivity contribution in [1.82, 2.24) is 4.90 Å². The van der Waals surface area contributed by atoms with Crippen molar-refractivity contribution < 1.29 is 14.4 Å². The highest BCUT2D eigenvalue weighted by Gasteiger charge is 2.47. The van der Waals surface area contributed by atoms with Crippen molar-refractivity contribution in [3.8, 4) is 11.1 Å². The van der Waals surface area contributed by atoms with Crippen molar-refractivity contribution in [2.45, 2.75) is 12.8 Å². The number of anilines is 1. The van der Waals surface area contributed by atoms with E-state index in [4.69, 9.17) is 0 Å². The van der Waals surface area contributed by atoms with Gasteiger partial charge in [0.15, 0.2) is 0 Å². The predicted molar refractivity (Wildman–Crippen MR) is 103 cm³/mol. The number of carbonyl (C=O) groups is 3. The minimum atomic E-state index is -0.369. The van der Waals surface area contributed by atoms with Crippen molar-refractivity contribution in [2.24, 2.45) is 11.8 Å². The fraction of sp³-hybridized carbons (Fsp3) is 0.227. The normalized spacial score (nSPS) is 21.3. The zero-order chi connectivity index (χ0) is 18.8. The van der Waals surface area contributed by atoms with E-state index in [0.29, 0.717) is 18.5 Å². The molecule has 136 valence electrons. The summed E-state index contributed by atoms with van der Waals surface area (Å²) in [7, 11) is 0. The number of imide groups is 1. The number of amides is 3. The van der Waals surface area contributed by atoms with Crippen LogP contribution < -0.4 is 5.32 Å². The third-order valence-electron chi connectivity index (χ3n) is 5.19. The Morgan fingerprint density at radius 1 is 0.889 bits per heavy atom. The van der Waals surface area contributed by atoms with E-state index in [1.165, 1.54) is 0 Å². The summed E-state index contributed by atoms with van der Waals surface area (Å²) in [6.45, 7) is -0.242. The number of nitrogens with one attached hydrogen (secondary N) is 1. The van der Waals surface area contributed by atoms with E-state index in [1.807, 2.05) is 66.7 Å². The van der Waals surface area contributed by atoms with Gasteiger partial charge in [0.1, 0.15) is 6.54 Å². The molecule has 2 aliphatic rings. The lowest BCUT2D eigenvalue weighted by Gasteiger charge is -2.16. The summed E-state index contributed by atoms with van der Waals surface area (Å²) in [5, 5.41) is 2.86. The first-order valence-electron chi connectivity index (χ1n) is 9.09. The lowest BCUT2D eigenvalue weighted by Crippen LogP contribution is -2.38. The van der Waals surface area contributed by atoms with Crippen LogP contribution in [-0.2, 0) is 14.4 Å². The van der Waals surface area contributed by atoms with Crippen molar-refractivity contribution in [2.75, 3.05) is 11.9 Å². The van der Waals surface area contributed by atoms with E-state index in [0.717, 1.165) is 16.0 Å². The molecule has 1 N–H and O–H groups in total. The molecule has 5 nitrogen and oxygen atoms in total. The fourth-order valence-corrected chi connectivity index (χ4v) is 3.82. The Bertz CT molecular complexity index is 894. The average molecular weight is 360 g/mol. The monoisotopic (exact) mass is 360 g/mol. The number of allylic oxidation sites excluding steroid dienone is 2. The van der Waals surface area contributed by atoms with Gasteiger partial charge in [-0.3, -0.25) is 19.3 Å². The molecule has 1 saturated heterocycles.